The molecule has 0 unspecified atom stereocenters. The van der Waals surface area contributed by atoms with Crippen LogP contribution in [-0.2, 0) is 96.9 Å². The molecule has 0 saturated heterocycles. The summed E-state index contributed by atoms with van der Waals surface area (Å²) in [7, 11) is 1.62. The number of imide groups is 1. The van der Waals surface area contributed by atoms with Crippen molar-refractivity contribution in [3.05, 3.63) is 35.9 Å². The third kappa shape index (κ3) is 40.0. The molecule has 0 aromatic heterocycles. The zero-order valence-electron chi connectivity index (χ0n) is 49.7. The van der Waals surface area contributed by atoms with Crippen molar-refractivity contribution in [2.45, 2.75) is 76.8 Å². The zero-order valence-corrected chi connectivity index (χ0v) is 49.7. The number of nitrogens with zero attached hydrogens (tertiary/aromatic N) is 1. The molecule has 30 heteroatoms. The molecule has 2 rings (SSSR count). The summed E-state index contributed by atoms with van der Waals surface area (Å²) in [6.45, 7) is 8.76. The SMILES string of the molecule is COCCOCCOCCOCCOCCOCCOCCOCCOCCOCC(=O)NCCCC[C@H](NC(=O)CCCN1C(=O)C=CC1=O)C(=O)NCCCC(=O)NCCNC(=O)OCC(=O)Nc1cc(C[C@H](N)C[C@H](C)C(=O)O)ccc1O. The van der Waals surface area contributed by atoms with Crippen molar-refractivity contribution in [3.8, 4) is 5.75 Å². The van der Waals surface area contributed by atoms with E-state index in [1.54, 1.807) is 20.1 Å². The maximum absolute atomic E-state index is 13.3. The molecule has 30 nitrogen and oxygen atoms in total. The first-order valence-electron chi connectivity index (χ1n) is 28.9. The van der Waals surface area contributed by atoms with Crippen LogP contribution in [0.2, 0.25) is 0 Å². The second-order valence-corrected chi connectivity index (χ2v) is 19.3. The van der Waals surface area contributed by atoms with Gasteiger partial charge in [-0.2, -0.15) is 0 Å². The number of carbonyl (C=O) groups excluding carboxylic acids is 8. The molecule has 488 valence electrons. The van der Waals surface area contributed by atoms with Crippen molar-refractivity contribution in [1.29, 1.82) is 0 Å². The summed E-state index contributed by atoms with van der Waals surface area (Å²) in [4.78, 5) is 112. The highest BCUT2D eigenvalue weighted by Gasteiger charge is 2.25. The molecule has 1 aromatic carbocycles. The van der Waals surface area contributed by atoms with Crippen molar-refractivity contribution in [2.75, 3.05) is 177 Å². The number of hydrogen-bond acceptors (Lipinski definition) is 22. The Hall–Kier alpha value is -6.45. The number of nitrogens with two attached hydrogens (primary N) is 1. The van der Waals surface area contributed by atoms with E-state index in [0.717, 1.165) is 17.1 Å². The molecule has 0 saturated carbocycles. The van der Waals surface area contributed by atoms with Crippen molar-refractivity contribution < 1.29 is 105 Å². The van der Waals surface area contributed by atoms with E-state index in [1.807, 2.05) is 0 Å². The monoisotopic (exact) mass is 1230 g/mol. The fourth-order valence-electron chi connectivity index (χ4n) is 7.56. The summed E-state index contributed by atoms with van der Waals surface area (Å²) in [5.74, 6) is -5.24. The number of alkyl carbamates (subject to hydrolysis) is 1. The van der Waals surface area contributed by atoms with Crippen LogP contribution in [-0.4, -0.2) is 253 Å². The van der Waals surface area contributed by atoms with Gasteiger partial charge in [0.2, 0.25) is 23.6 Å². The van der Waals surface area contributed by atoms with Crippen LogP contribution < -0.4 is 37.6 Å². The van der Waals surface area contributed by atoms with Gasteiger partial charge in [0.1, 0.15) is 18.4 Å². The Bertz CT molecular complexity index is 2140. The number of amides is 8. The number of carbonyl (C=O) groups is 9. The lowest BCUT2D eigenvalue weighted by Crippen LogP contribution is -2.47. The molecule has 0 bridgehead atoms. The fraction of sp³-hybridized carbons (Fsp3) is 0.696. The number of methoxy groups -OCH3 is 1. The summed E-state index contributed by atoms with van der Waals surface area (Å²) >= 11 is 0. The number of unbranched alkanes of at least 4 members (excludes halogenated alkanes) is 1. The summed E-state index contributed by atoms with van der Waals surface area (Å²) < 4.78 is 58.8. The summed E-state index contributed by atoms with van der Waals surface area (Å²) in [6.07, 6.45) is 3.34. The average molecular weight is 1230 g/mol. The maximum atomic E-state index is 13.3. The van der Waals surface area contributed by atoms with Crippen LogP contribution in [0, 0.1) is 5.92 Å². The number of phenolic OH excluding ortho intramolecular Hbond substituents is 1. The van der Waals surface area contributed by atoms with E-state index in [4.69, 9.17) is 62.9 Å². The molecule has 1 aromatic rings. The fourth-order valence-corrected chi connectivity index (χ4v) is 7.56. The molecule has 86 heavy (non-hydrogen) atoms. The van der Waals surface area contributed by atoms with Crippen LogP contribution in [0.3, 0.4) is 0 Å². The second kappa shape index (κ2) is 49.6. The van der Waals surface area contributed by atoms with Crippen molar-refractivity contribution >= 4 is 59.1 Å². The van der Waals surface area contributed by atoms with Gasteiger partial charge in [0.25, 0.3) is 17.7 Å². The minimum atomic E-state index is -0.969. The maximum Gasteiger partial charge on any atom is 0.407 e. The van der Waals surface area contributed by atoms with E-state index in [9.17, 15) is 48.3 Å². The normalized spacial score (nSPS) is 13.0. The molecule has 0 aliphatic carbocycles. The number of hydrogen-bond donors (Lipinski definition) is 9. The minimum Gasteiger partial charge on any atom is -0.506 e. The van der Waals surface area contributed by atoms with E-state index >= 15 is 0 Å². The number of carboxylic acids is 1. The number of benzene rings is 1. The van der Waals surface area contributed by atoms with Crippen LogP contribution in [0.5, 0.6) is 5.75 Å². The van der Waals surface area contributed by atoms with Crippen molar-refractivity contribution in [1.82, 2.24) is 31.5 Å². The quantitative estimate of drug-likeness (QED) is 0.0222. The van der Waals surface area contributed by atoms with Crippen LogP contribution in [0.1, 0.15) is 63.9 Å². The van der Waals surface area contributed by atoms with Gasteiger partial charge >= 0.3 is 12.1 Å². The Morgan fingerprint density at radius 1 is 0.570 bits per heavy atom. The molecule has 1 heterocycles. The number of aliphatic carboxylic acids is 1. The van der Waals surface area contributed by atoms with Crippen molar-refractivity contribution in [2.24, 2.45) is 11.7 Å². The first-order chi connectivity index (χ1) is 41.6. The number of aromatic hydroxyl groups is 1. The minimum absolute atomic E-state index is 0.00979. The predicted molar refractivity (Wildman–Crippen MR) is 308 cm³/mol. The van der Waals surface area contributed by atoms with Gasteiger partial charge in [-0.3, -0.25) is 43.3 Å². The van der Waals surface area contributed by atoms with Gasteiger partial charge in [0.05, 0.1) is 131 Å². The first-order valence-corrected chi connectivity index (χ1v) is 28.9. The van der Waals surface area contributed by atoms with E-state index in [0.29, 0.717) is 124 Å². The molecule has 1 aliphatic heterocycles. The largest absolute Gasteiger partial charge is 0.506 e. The Morgan fingerprint density at radius 2 is 1.07 bits per heavy atom. The average Bonchev–Trinajstić information content (AvgIpc) is 4.04. The van der Waals surface area contributed by atoms with E-state index in [1.165, 1.54) is 12.1 Å². The lowest BCUT2D eigenvalue weighted by Gasteiger charge is -2.19. The highest BCUT2D eigenvalue weighted by Crippen LogP contribution is 2.25. The van der Waals surface area contributed by atoms with Gasteiger partial charge in [-0.05, 0) is 62.6 Å². The van der Waals surface area contributed by atoms with Gasteiger partial charge in [0.15, 0.2) is 6.61 Å². The number of nitrogens with one attached hydrogen (secondary N) is 6. The molecule has 8 amide bonds. The lowest BCUT2D eigenvalue weighted by molar-refractivity contribution is -0.141. The van der Waals surface area contributed by atoms with Gasteiger partial charge in [0, 0.05) is 70.9 Å². The summed E-state index contributed by atoms with van der Waals surface area (Å²) in [6, 6.07) is 2.98. The third-order valence-corrected chi connectivity index (χ3v) is 12.1. The zero-order chi connectivity index (χ0) is 62.8. The molecule has 0 radical (unpaired) electrons. The Kier molecular flexibility index (Phi) is 43.7. The molecule has 10 N–H and O–H groups in total. The summed E-state index contributed by atoms with van der Waals surface area (Å²) in [5.41, 5.74) is 6.76. The van der Waals surface area contributed by atoms with Crippen LogP contribution in [0.4, 0.5) is 10.5 Å². The number of phenols is 1. The van der Waals surface area contributed by atoms with Gasteiger partial charge < -0.3 is 100.0 Å². The lowest BCUT2D eigenvalue weighted by atomic mass is 9.96. The van der Waals surface area contributed by atoms with E-state index in [-0.39, 0.29) is 121 Å². The Balaban J connectivity index is 1.54. The predicted octanol–water partition coefficient (Wildman–Crippen LogP) is -0.678. The van der Waals surface area contributed by atoms with Crippen LogP contribution in [0.15, 0.2) is 30.4 Å². The van der Waals surface area contributed by atoms with Gasteiger partial charge in [-0.15, -0.1) is 0 Å². The summed E-state index contributed by atoms with van der Waals surface area (Å²) in [5, 5.41) is 35.0. The topological polar surface area (TPSA) is 397 Å². The first kappa shape index (κ1) is 75.6. The van der Waals surface area contributed by atoms with E-state index < -0.39 is 66.2 Å². The number of ether oxygens (including phenoxy) is 11. The van der Waals surface area contributed by atoms with Crippen LogP contribution >= 0.6 is 0 Å². The number of rotatable bonds is 55. The molecule has 0 fully saturated rings. The molecule has 0 spiro atoms. The Labute approximate surface area is 502 Å². The highest BCUT2D eigenvalue weighted by molar-refractivity contribution is 6.12. The molecule has 3 atom stereocenters. The van der Waals surface area contributed by atoms with Crippen molar-refractivity contribution in [3.63, 3.8) is 0 Å². The van der Waals surface area contributed by atoms with Gasteiger partial charge in [-0.1, -0.05) is 13.0 Å². The molecular weight excluding hydrogens is 1140 g/mol. The second-order valence-electron chi connectivity index (χ2n) is 19.3. The smallest absolute Gasteiger partial charge is 0.407 e. The highest BCUT2D eigenvalue weighted by atomic mass is 16.6. The number of anilines is 1. The Morgan fingerprint density at radius 3 is 1.62 bits per heavy atom. The third-order valence-electron chi connectivity index (χ3n) is 12.1. The van der Waals surface area contributed by atoms with E-state index in [2.05, 4.69) is 31.9 Å². The standard InChI is InChI=1S/C56H92N8O22/c1-42(55(73)74)37-44(57)38-43-10-11-47(65)46(39-43)63-51(69)41-86-56(75)61-17-16-59-48(66)8-5-15-60-54(72)45(62-49(67)9-6-18-64-52(70)12-13-53(64)71)7-3-4-14-58-50(68)40-85-36-35-84-34-33-83-32-31-82-30-29-81-28-27-80-26-25-79-24-23-78-22-21-77-20-19-76-2/h10-13,39,42,44-45,65H,3-9,14-38,40-41,57H2,1-2H3,(H,58,68)(H,59,66)(H,60,72)(H,61,75)(H,62,67)(H,63,69)(H,73,74)/t42-,44+,45-/m0/s1. The molecule has 1 aliphatic rings. The molecular formula is C56H92N8O22. The number of carboxylic acid groups (broad SMARTS) is 1. The van der Waals surface area contributed by atoms with Crippen LogP contribution in [0.25, 0.3) is 0 Å². The van der Waals surface area contributed by atoms with Gasteiger partial charge in [-0.25, -0.2) is 4.79 Å².